The molecule has 14 heavy (non-hydrogen) atoms. The lowest BCUT2D eigenvalue weighted by atomic mass is 10.3. The molecule has 0 aromatic carbocycles. The maximum absolute atomic E-state index is 11.2. The van der Waals surface area contributed by atoms with Crippen molar-refractivity contribution in [1.29, 1.82) is 0 Å². The highest BCUT2D eigenvalue weighted by molar-refractivity contribution is 5.76. The topological polar surface area (TPSA) is 50.4 Å². The molecule has 1 saturated heterocycles. The Morgan fingerprint density at radius 3 is 3.00 bits per heavy atom. The second-order valence-corrected chi connectivity index (χ2v) is 3.96. The van der Waals surface area contributed by atoms with Crippen molar-refractivity contribution in [1.82, 2.24) is 10.6 Å². The maximum Gasteiger partial charge on any atom is 0.222 e. The van der Waals surface area contributed by atoms with Crippen LogP contribution < -0.4 is 10.6 Å². The van der Waals surface area contributed by atoms with Gasteiger partial charge in [0.05, 0.1) is 12.7 Å². The minimum absolute atomic E-state index is 0.0750. The minimum atomic E-state index is 0.0750. The fourth-order valence-electron chi connectivity index (χ4n) is 1.48. The number of hydrogen-bond donors (Lipinski definition) is 2. The summed E-state index contributed by atoms with van der Waals surface area (Å²) in [5, 5.41) is 6.05. The van der Waals surface area contributed by atoms with Gasteiger partial charge in [0.1, 0.15) is 0 Å². The first-order valence-corrected chi connectivity index (χ1v) is 5.30. The van der Waals surface area contributed by atoms with Gasteiger partial charge in [-0.05, 0) is 26.8 Å². The van der Waals surface area contributed by atoms with E-state index in [9.17, 15) is 4.79 Å². The van der Waals surface area contributed by atoms with E-state index in [-0.39, 0.29) is 11.9 Å². The van der Waals surface area contributed by atoms with Gasteiger partial charge < -0.3 is 15.4 Å². The van der Waals surface area contributed by atoms with Crippen LogP contribution in [0.25, 0.3) is 0 Å². The normalized spacial score (nSPS) is 21.5. The molecular formula is C10H20N2O2. The van der Waals surface area contributed by atoms with E-state index in [1.165, 1.54) is 0 Å². The molecule has 0 aromatic rings. The Hall–Kier alpha value is -0.610. The first kappa shape index (κ1) is 11.5. The fraction of sp³-hybridized carbons (Fsp3) is 0.900. The van der Waals surface area contributed by atoms with Crippen LogP contribution in [0.15, 0.2) is 0 Å². The van der Waals surface area contributed by atoms with Crippen LogP contribution in [0.3, 0.4) is 0 Å². The highest BCUT2D eigenvalue weighted by atomic mass is 16.5. The van der Waals surface area contributed by atoms with Gasteiger partial charge in [0, 0.05) is 19.0 Å². The van der Waals surface area contributed by atoms with Crippen LogP contribution in [0.5, 0.6) is 0 Å². The minimum Gasteiger partial charge on any atom is -0.376 e. The number of carbonyl (C=O) groups excluding carboxylic acids is 1. The van der Waals surface area contributed by atoms with Crippen molar-refractivity contribution in [2.75, 3.05) is 19.7 Å². The third-order valence-electron chi connectivity index (χ3n) is 2.15. The molecule has 0 radical (unpaired) electrons. The molecule has 1 fully saturated rings. The molecule has 1 heterocycles. The van der Waals surface area contributed by atoms with Gasteiger partial charge in [-0.25, -0.2) is 0 Å². The van der Waals surface area contributed by atoms with Crippen molar-refractivity contribution in [3.8, 4) is 0 Å². The zero-order valence-electron chi connectivity index (χ0n) is 9.01. The van der Waals surface area contributed by atoms with Gasteiger partial charge in [0.2, 0.25) is 5.91 Å². The summed E-state index contributed by atoms with van der Waals surface area (Å²) in [6.07, 6.45) is 1.84. The van der Waals surface area contributed by atoms with Crippen molar-refractivity contribution >= 4 is 5.91 Å². The predicted molar refractivity (Wildman–Crippen MR) is 55.1 cm³/mol. The third kappa shape index (κ3) is 4.58. The molecule has 1 aliphatic rings. The first-order valence-electron chi connectivity index (χ1n) is 5.30. The monoisotopic (exact) mass is 200 g/mol. The second-order valence-electron chi connectivity index (χ2n) is 3.96. The second kappa shape index (κ2) is 5.98. The Bertz CT molecular complexity index is 177. The van der Waals surface area contributed by atoms with E-state index in [1.54, 1.807) is 0 Å². The van der Waals surface area contributed by atoms with Crippen LogP contribution >= 0.6 is 0 Å². The highest BCUT2D eigenvalue weighted by Gasteiger charge is 2.14. The lowest BCUT2D eigenvalue weighted by Crippen LogP contribution is -2.31. The molecule has 0 saturated carbocycles. The number of ether oxygens (including phenoxy) is 1. The number of nitrogens with one attached hydrogen (secondary N) is 2. The van der Waals surface area contributed by atoms with E-state index in [0.29, 0.717) is 19.1 Å². The lowest BCUT2D eigenvalue weighted by Gasteiger charge is -2.11. The van der Waals surface area contributed by atoms with Crippen LogP contribution in [-0.4, -0.2) is 37.7 Å². The molecule has 0 aliphatic carbocycles. The summed E-state index contributed by atoms with van der Waals surface area (Å²) in [5.41, 5.74) is 0. The van der Waals surface area contributed by atoms with Crippen molar-refractivity contribution in [2.45, 2.75) is 38.8 Å². The number of hydrogen-bond acceptors (Lipinski definition) is 3. The Morgan fingerprint density at radius 1 is 1.64 bits per heavy atom. The number of carbonyl (C=O) groups is 1. The summed E-state index contributed by atoms with van der Waals surface area (Å²) >= 11 is 0. The summed E-state index contributed by atoms with van der Waals surface area (Å²) in [6, 6.07) is 0.218. The van der Waals surface area contributed by atoms with Crippen LogP contribution in [-0.2, 0) is 9.53 Å². The van der Waals surface area contributed by atoms with Gasteiger partial charge in [-0.1, -0.05) is 0 Å². The summed E-state index contributed by atoms with van der Waals surface area (Å²) in [5.74, 6) is 0.0750. The molecule has 82 valence electrons. The molecule has 0 spiro atoms. The Kier molecular flexibility index (Phi) is 4.90. The molecule has 2 N–H and O–H groups in total. The van der Waals surface area contributed by atoms with E-state index in [4.69, 9.17) is 4.74 Å². The Balaban J connectivity index is 1.99. The van der Waals surface area contributed by atoms with Gasteiger partial charge in [0.25, 0.3) is 0 Å². The Morgan fingerprint density at radius 2 is 2.43 bits per heavy atom. The molecule has 1 rings (SSSR count). The molecule has 4 nitrogen and oxygen atoms in total. The van der Waals surface area contributed by atoms with E-state index in [2.05, 4.69) is 10.6 Å². The molecule has 0 bridgehead atoms. The van der Waals surface area contributed by atoms with E-state index in [1.807, 2.05) is 13.8 Å². The van der Waals surface area contributed by atoms with Crippen LogP contribution in [0.4, 0.5) is 0 Å². The van der Waals surface area contributed by atoms with Gasteiger partial charge in [0.15, 0.2) is 0 Å². The standard InChI is InChI=1S/C10H20N2O2/c1-8(2)12-10(13)4-6-14-9-3-5-11-7-9/h8-9,11H,3-7H2,1-2H3,(H,12,13). The molecule has 1 amide bonds. The zero-order chi connectivity index (χ0) is 10.4. The molecular weight excluding hydrogens is 180 g/mol. The fourth-order valence-corrected chi connectivity index (χ4v) is 1.48. The molecule has 0 aromatic heterocycles. The van der Waals surface area contributed by atoms with E-state index in [0.717, 1.165) is 19.5 Å². The smallest absolute Gasteiger partial charge is 0.222 e. The van der Waals surface area contributed by atoms with Crippen LogP contribution in [0.2, 0.25) is 0 Å². The summed E-state index contributed by atoms with van der Waals surface area (Å²) in [6.45, 7) is 6.40. The largest absolute Gasteiger partial charge is 0.376 e. The van der Waals surface area contributed by atoms with Crippen molar-refractivity contribution in [3.05, 3.63) is 0 Å². The highest BCUT2D eigenvalue weighted by Crippen LogP contribution is 2.03. The molecule has 4 heteroatoms. The van der Waals surface area contributed by atoms with Crippen LogP contribution in [0.1, 0.15) is 26.7 Å². The predicted octanol–water partition coefficient (Wildman–Crippen LogP) is 0.280. The van der Waals surface area contributed by atoms with Gasteiger partial charge in [-0.15, -0.1) is 0 Å². The third-order valence-corrected chi connectivity index (χ3v) is 2.15. The Labute approximate surface area is 85.4 Å². The van der Waals surface area contributed by atoms with Crippen molar-refractivity contribution in [3.63, 3.8) is 0 Å². The molecule has 1 atom stereocenters. The summed E-state index contributed by atoms with van der Waals surface area (Å²) in [7, 11) is 0. The SMILES string of the molecule is CC(C)NC(=O)CCOC1CCNC1. The maximum atomic E-state index is 11.2. The molecule has 1 unspecified atom stereocenters. The number of rotatable bonds is 5. The summed E-state index contributed by atoms with van der Waals surface area (Å²) in [4.78, 5) is 11.2. The van der Waals surface area contributed by atoms with Crippen molar-refractivity contribution in [2.24, 2.45) is 0 Å². The van der Waals surface area contributed by atoms with Crippen LogP contribution in [0, 0.1) is 0 Å². The zero-order valence-corrected chi connectivity index (χ0v) is 9.01. The van der Waals surface area contributed by atoms with Gasteiger partial charge in [-0.2, -0.15) is 0 Å². The van der Waals surface area contributed by atoms with Crippen molar-refractivity contribution < 1.29 is 9.53 Å². The average molecular weight is 200 g/mol. The first-order chi connectivity index (χ1) is 6.68. The quantitative estimate of drug-likeness (QED) is 0.670. The van der Waals surface area contributed by atoms with E-state index >= 15 is 0 Å². The van der Waals surface area contributed by atoms with E-state index < -0.39 is 0 Å². The van der Waals surface area contributed by atoms with Gasteiger partial charge in [-0.3, -0.25) is 4.79 Å². The van der Waals surface area contributed by atoms with Gasteiger partial charge >= 0.3 is 0 Å². The molecule has 1 aliphatic heterocycles. The number of amides is 1. The summed E-state index contributed by atoms with van der Waals surface area (Å²) < 4.78 is 5.53. The lowest BCUT2D eigenvalue weighted by molar-refractivity contribution is -0.123. The average Bonchev–Trinajstić information content (AvgIpc) is 2.55.